The molecule has 3 N–H and O–H groups in total. The monoisotopic (exact) mass is 767 g/mol. The normalized spacial score (nSPS) is 24.1. The smallest absolute Gasteiger partial charge is 0.266 e. The van der Waals surface area contributed by atoms with Crippen LogP contribution < -0.4 is 24.8 Å². The van der Waals surface area contributed by atoms with Crippen molar-refractivity contribution in [2.24, 2.45) is 5.92 Å². The number of hydrogen-bond donors (Lipinski definition) is 3. The molecular weight excluding hydrogens is 723 g/mol. The first-order valence-corrected chi connectivity index (χ1v) is 20.2. The van der Waals surface area contributed by atoms with E-state index in [0.717, 1.165) is 36.6 Å². The molecule has 13 nitrogen and oxygen atoms in total. The molecule has 4 aromatic rings. The van der Waals surface area contributed by atoms with Crippen LogP contribution in [0.4, 0.5) is 5.69 Å². The number of hydrogen-bond acceptors (Lipinski definition) is 9. The zero-order valence-corrected chi connectivity index (χ0v) is 31.7. The summed E-state index contributed by atoms with van der Waals surface area (Å²) in [7, 11) is -2.87. The molecule has 3 aliphatic rings. The molecule has 0 bridgehead atoms. The molecule has 14 heteroatoms. The maximum Gasteiger partial charge on any atom is 0.266 e. The van der Waals surface area contributed by atoms with Crippen LogP contribution in [0.1, 0.15) is 64.7 Å². The molecule has 1 saturated carbocycles. The molecule has 3 aromatic carbocycles. The van der Waals surface area contributed by atoms with Gasteiger partial charge in [-0.1, -0.05) is 68.1 Å². The van der Waals surface area contributed by atoms with Crippen LogP contribution in [-0.4, -0.2) is 73.3 Å². The van der Waals surface area contributed by atoms with Crippen molar-refractivity contribution >= 4 is 50.2 Å². The predicted octanol–water partition coefficient (Wildman–Crippen LogP) is 5.34. The van der Waals surface area contributed by atoms with E-state index in [1.54, 1.807) is 13.2 Å². The second-order valence-electron chi connectivity index (χ2n) is 14.6. The van der Waals surface area contributed by atoms with Gasteiger partial charge in [0.15, 0.2) is 0 Å². The number of anilines is 1. The summed E-state index contributed by atoms with van der Waals surface area (Å²) in [5.74, 6) is -1.21. The lowest BCUT2D eigenvalue weighted by Gasteiger charge is -2.26. The average molecular weight is 768 g/mol. The molecule has 288 valence electrons. The molecule has 4 amide bonds. The van der Waals surface area contributed by atoms with Crippen LogP contribution in [0.15, 0.2) is 83.8 Å². The highest BCUT2D eigenvalue weighted by atomic mass is 32.2. The highest BCUT2D eigenvalue weighted by Crippen LogP contribution is 2.48. The second kappa shape index (κ2) is 15.7. The van der Waals surface area contributed by atoms with Crippen molar-refractivity contribution in [3.8, 4) is 22.8 Å². The van der Waals surface area contributed by atoms with Crippen LogP contribution in [-0.2, 0) is 29.2 Å². The molecule has 0 spiro atoms. The Morgan fingerprint density at radius 1 is 0.945 bits per heavy atom. The summed E-state index contributed by atoms with van der Waals surface area (Å²) in [6.45, 7) is 1.50. The van der Waals surface area contributed by atoms with Crippen molar-refractivity contribution in [1.82, 2.24) is 19.9 Å². The van der Waals surface area contributed by atoms with Crippen LogP contribution in [0.5, 0.6) is 11.5 Å². The number of nitrogens with zero attached hydrogens (tertiary/aromatic N) is 2. The van der Waals surface area contributed by atoms with Gasteiger partial charge in [-0.25, -0.2) is 18.1 Å². The van der Waals surface area contributed by atoms with Crippen LogP contribution in [0.25, 0.3) is 22.2 Å². The molecule has 1 aromatic heterocycles. The summed E-state index contributed by atoms with van der Waals surface area (Å²) >= 11 is 0. The van der Waals surface area contributed by atoms with Gasteiger partial charge in [0.2, 0.25) is 17.7 Å². The molecule has 7 rings (SSSR count). The van der Waals surface area contributed by atoms with E-state index in [2.05, 4.69) is 15.4 Å². The Hall–Kier alpha value is -5.50. The SMILES string of the molecule is COc1ccc2c(O[C@@H]3C[C@@H](C(=O)N[C@]45C[C@@H]4CCCCCCCC(=O)Nc4ccccc4S(=O)(=O)NC5=O)N(C(C)=O)C3)cc(-c3ccccc3)nc2c1. The number of rotatable bonds is 6. The number of carbonyl (C=O) groups is 4. The summed E-state index contributed by atoms with van der Waals surface area (Å²) < 4.78 is 41.6. The number of ether oxygens (including phenoxy) is 2. The van der Waals surface area contributed by atoms with Crippen LogP contribution in [0.2, 0.25) is 0 Å². The molecular formula is C41H45N5O8S. The van der Waals surface area contributed by atoms with Gasteiger partial charge < -0.3 is 25.0 Å². The Kier molecular flexibility index (Phi) is 10.8. The standard InChI is InChI=1S/C41H45N5O8S/c1-26(47)46-25-30(54-36-23-33(27-13-7-6-8-14-27)42-34-21-29(53-2)19-20-31(34)36)22-35(46)39(49)44-41-24-28(41)15-9-4-3-5-10-18-38(48)43-32-16-11-12-17-37(32)55(51,52)45-40(41)50/h6-8,11-14,16-17,19-21,23,28,30,35H,3-5,9-10,15,18,22,24-25H2,1-2H3,(H,43,48)(H,44,49)(H,45,50)/t28-,30+,35-,41+/m0/s1. The maximum absolute atomic E-state index is 14.2. The van der Waals surface area contributed by atoms with Crippen molar-refractivity contribution in [1.29, 1.82) is 0 Å². The topological polar surface area (TPSA) is 173 Å². The van der Waals surface area contributed by atoms with Gasteiger partial charge in [0.1, 0.15) is 34.1 Å². The van der Waals surface area contributed by atoms with E-state index in [4.69, 9.17) is 14.5 Å². The quantitative estimate of drug-likeness (QED) is 0.234. The Morgan fingerprint density at radius 3 is 2.47 bits per heavy atom. The third-order valence-electron chi connectivity index (χ3n) is 10.8. The largest absolute Gasteiger partial charge is 0.497 e. The highest BCUT2D eigenvalue weighted by Gasteiger charge is 2.62. The lowest BCUT2D eigenvalue weighted by atomic mass is 10.0. The van der Waals surface area contributed by atoms with Gasteiger partial charge >= 0.3 is 0 Å². The molecule has 0 unspecified atom stereocenters. The highest BCUT2D eigenvalue weighted by molar-refractivity contribution is 7.90. The third kappa shape index (κ3) is 8.14. The van der Waals surface area contributed by atoms with Crippen molar-refractivity contribution < 1.29 is 37.1 Å². The Bertz CT molecular complexity index is 2230. The number of sulfonamides is 1. The molecule has 2 aliphatic heterocycles. The molecule has 0 radical (unpaired) electrons. The van der Waals surface area contributed by atoms with Gasteiger partial charge in [-0.2, -0.15) is 0 Å². The van der Waals surface area contributed by atoms with Crippen molar-refractivity contribution in [2.75, 3.05) is 19.0 Å². The Labute approximate surface area is 320 Å². The molecule has 3 heterocycles. The number of para-hydroxylation sites is 1. The van der Waals surface area contributed by atoms with E-state index < -0.39 is 39.5 Å². The fraction of sp³-hybridized carbons (Fsp3) is 0.390. The number of likely N-dealkylation sites (tertiary alicyclic amines) is 1. The summed E-state index contributed by atoms with van der Waals surface area (Å²) in [6, 6.07) is 21.9. The van der Waals surface area contributed by atoms with E-state index in [1.165, 1.54) is 30.0 Å². The summed E-state index contributed by atoms with van der Waals surface area (Å²) in [5, 5.41) is 6.32. The number of nitrogens with one attached hydrogen (secondary N) is 3. The van der Waals surface area contributed by atoms with Crippen molar-refractivity contribution in [3.05, 3.63) is 78.9 Å². The van der Waals surface area contributed by atoms with Gasteiger partial charge in [-0.05, 0) is 49.4 Å². The zero-order chi connectivity index (χ0) is 38.7. The van der Waals surface area contributed by atoms with Crippen molar-refractivity contribution in [3.63, 3.8) is 0 Å². The average Bonchev–Trinajstić information content (AvgIpc) is 3.70. The Morgan fingerprint density at radius 2 is 1.69 bits per heavy atom. The summed E-state index contributed by atoms with van der Waals surface area (Å²) in [4.78, 5) is 59.9. The van der Waals surface area contributed by atoms with E-state index >= 15 is 0 Å². The number of amides is 4. The number of methoxy groups -OCH3 is 1. The first kappa shape index (κ1) is 37.8. The van der Waals surface area contributed by atoms with E-state index in [-0.39, 0.29) is 54.1 Å². The number of pyridine rings is 1. The van der Waals surface area contributed by atoms with E-state index in [0.29, 0.717) is 35.6 Å². The molecule has 1 saturated heterocycles. The fourth-order valence-corrected chi connectivity index (χ4v) is 8.98. The van der Waals surface area contributed by atoms with Crippen LogP contribution in [0.3, 0.4) is 0 Å². The van der Waals surface area contributed by atoms with Gasteiger partial charge in [-0.3, -0.25) is 19.2 Å². The first-order valence-electron chi connectivity index (χ1n) is 18.7. The number of aromatic nitrogens is 1. The zero-order valence-electron chi connectivity index (χ0n) is 30.9. The maximum atomic E-state index is 14.2. The summed E-state index contributed by atoms with van der Waals surface area (Å²) in [5.41, 5.74) is 0.780. The fourth-order valence-electron chi connectivity index (χ4n) is 7.78. The summed E-state index contributed by atoms with van der Waals surface area (Å²) in [6.07, 6.45) is 4.71. The van der Waals surface area contributed by atoms with Gasteiger partial charge in [-0.15, -0.1) is 0 Å². The molecule has 55 heavy (non-hydrogen) atoms. The van der Waals surface area contributed by atoms with Crippen LogP contribution in [0, 0.1) is 5.92 Å². The lowest BCUT2D eigenvalue weighted by Crippen LogP contribution is -2.56. The van der Waals surface area contributed by atoms with E-state index in [9.17, 15) is 27.6 Å². The minimum Gasteiger partial charge on any atom is -0.497 e. The Balaban J connectivity index is 1.14. The molecule has 1 aliphatic carbocycles. The molecule has 2 fully saturated rings. The van der Waals surface area contributed by atoms with Gasteiger partial charge in [0, 0.05) is 42.8 Å². The number of carbonyl (C=O) groups excluding carboxylic acids is 4. The second-order valence-corrected chi connectivity index (χ2v) is 16.2. The van der Waals surface area contributed by atoms with Crippen LogP contribution >= 0.6 is 0 Å². The van der Waals surface area contributed by atoms with Gasteiger partial charge in [0.25, 0.3) is 15.9 Å². The minimum atomic E-state index is -4.46. The predicted molar refractivity (Wildman–Crippen MR) is 206 cm³/mol. The van der Waals surface area contributed by atoms with Gasteiger partial charge in [0.05, 0.1) is 30.6 Å². The molecule has 4 atom stereocenters. The van der Waals surface area contributed by atoms with Crippen molar-refractivity contribution in [2.45, 2.75) is 87.3 Å². The lowest BCUT2D eigenvalue weighted by molar-refractivity contribution is -0.138. The first-order chi connectivity index (χ1) is 26.5. The number of fused-ring (bicyclic) bond motifs is 3. The third-order valence-corrected chi connectivity index (χ3v) is 12.2. The minimum absolute atomic E-state index is 0.0661. The number of benzene rings is 3. The van der Waals surface area contributed by atoms with E-state index in [1.807, 2.05) is 54.6 Å².